The Morgan fingerprint density at radius 2 is 2.00 bits per heavy atom. The molecule has 1 N–H and O–H groups in total. The van der Waals surface area contributed by atoms with Gasteiger partial charge in [-0.1, -0.05) is 11.6 Å². The molecular weight excluding hydrogens is 262 g/mol. The molecule has 0 aliphatic rings. The van der Waals surface area contributed by atoms with Crippen molar-refractivity contribution >= 4 is 17.3 Å². The number of benzene rings is 1. The van der Waals surface area contributed by atoms with Crippen LogP contribution >= 0.6 is 11.6 Å². The van der Waals surface area contributed by atoms with Gasteiger partial charge >= 0.3 is 0 Å². The van der Waals surface area contributed by atoms with Gasteiger partial charge in [-0.25, -0.2) is 0 Å². The van der Waals surface area contributed by atoms with Crippen molar-refractivity contribution in [1.29, 1.82) is 0 Å². The SMILES string of the molecule is CC(C)Oc1ccc(NC(C)c2ccco2)cc1Cl. The Balaban J connectivity index is 2.07. The Morgan fingerprint density at radius 1 is 1.21 bits per heavy atom. The van der Waals surface area contributed by atoms with E-state index in [0.717, 1.165) is 11.4 Å². The summed E-state index contributed by atoms with van der Waals surface area (Å²) in [6.45, 7) is 5.98. The van der Waals surface area contributed by atoms with Gasteiger partial charge in [0, 0.05) is 5.69 Å². The first-order valence-electron chi connectivity index (χ1n) is 6.32. The Morgan fingerprint density at radius 3 is 2.58 bits per heavy atom. The van der Waals surface area contributed by atoms with Crippen molar-refractivity contribution in [2.75, 3.05) is 5.32 Å². The van der Waals surface area contributed by atoms with Crippen molar-refractivity contribution < 1.29 is 9.15 Å². The number of ether oxygens (including phenoxy) is 1. The zero-order valence-corrected chi connectivity index (χ0v) is 12.1. The molecule has 0 saturated carbocycles. The molecule has 1 atom stereocenters. The highest BCUT2D eigenvalue weighted by Crippen LogP contribution is 2.30. The van der Waals surface area contributed by atoms with Crippen LogP contribution in [0.4, 0.5) is 5.69 Å². The van der Waals surface area contributed by atoms with Crippen molar-refractivity contribution in [3.8, 4) is 5.75 Å². The zero-order chi connectivity index (χ0) is 13.8. The van der Waals surface area contributed by atoms with Crippen molar-refractivity contribution in [2.24, 2.45) is 0 Å². The van der Waals surface area contributed by atoms with Gasteiger partial charge in [-0.05, 0) is 51.1 Å². The van der Waals surface area contributed by atoms with E-state index in [4.69, 9.17) is 20.8 Å². The second kappa shape index (κ2) is 6.02. The standard InChI is InChI=1S/C15H18ClNO2/c1-10(2)19-15-7-6-12(9-13(15)16)17-11(3)14-5-4-8-18-14/h4-11,17H,1-3H3. The van der Waals surface area contributed by atoms with Gasteiger partial charge in [0.25, 0.3) is 0 Å². The molecule has 4 heteroatoms. The molecule has 3 nitrogen and oxygen atoms in total. The molecule has 0 amide bonds. The minimum atomic E-state index is 0.0860. The molecule has 0 aliphatic carbocycles. The molecule has 2 rings (SSSR count). The first-order chi connectivity index (χ1) is 9.06. The van der Waals surface area contributed by atoms with Gasteiger partial charge in [0.1, 0.15) is 11.5 Å². The van der Waals surface area contributed by atoms with Crippen LogP contribution in [0, 0.1) is 0 Å². The summed E-state index contributed by atoms with van der Waals surface area (Å²) in [4.78, 5) is 0. The van der Waals surface area contributed by atoms with Gasteiger partial charge in [0.15, 0.2) is 0 Å². The molecule has 1 unspecified atom stereocenters. The van der Waals surface area contributed by atoms with Crippen LogP contribution < -0.4 is 10.1 Å². The lowest BCUT2D eigenvalue weighted by atomic mass is 10.2. The highest BCUT2D eigenvalue weighted by atomic mass is 35.5. The summed E-state index contributed by atoms with van der Waals surface area (Å²) in [7, 11) is 0. The van der Waals surface area contributed by atoms with Crippen LogP contribution in [0.15, 0.2) is 41.0 Å². The Labute approximate surface area is 118 Å². The first kappa shape index (κ1) is 13.8. The number of hydrogen-bond acceptors (Lipinski definition) is 3. The molecule has 0 radical (unpaired) electrons. The molecular formula is C15H18ClNO2. The minimum Gasteiger partial charge on any atom is -0.489 e. The molecule has 1 heterocycles. The average Bonchev–Trinajstić information content (AvgIpc) is 2.86. The van der Waals surface area contributed by atoms with Gasteiger partial charge in [-0.2, -0.15) is 0 Å². The smallest absolute Gasteiger partial charge is 0.138 e. The highest BCUT2D eigenvalue weighted by molar-refractivity contribution is 6.32. The van der Waals surface area contributed by atoms with E-state index >= 15 is 0 Å². The molecule has 0 fully saturated rings. The molecule has 2 aromatic rings. The summed E-state index contributed by atoms with van der Waals surface area (Å²) in [5.74, 6) is 1.59. The third-order valence-corrected chi connectivity index (χ3v) is 2.94. The van der Waals surface area contributed by atoms with Gasteiger partial charge in [0.05, 0.1) is 23.4 Å². The lowest BCUT2D eigenvalue weighted by Gasteiger charge is -2.15. The minimum absolute atomic E-state index is 0.0860. The second-order valence-electron chi connectivity index (χ2n) is 4.69. The summed E-state index contributed by atoms with van der Waals surface area (Å²) in [5, 5.41) is 3.93. The molecule has 19 heavy (non-hydrogen) atoms. The van der Waals surface area contributed by atoms with Crippen LogP contribution in [0.1, 0.15) is 32.6 Å². The van der Waals surface area contributed by atoms with Crippen molar-refractivity contribution in [3.63, 3.8) is 0 Å². The van der Waals surface area contributed by atoms with Crippen LogP contribution in [0.5, 0.6) is 5.75 Å². The largest absolute Gasteiger partial charge is 0.489 e. The topological polar surface area (TPSA) is 34.4 Å². The van der Waals surface area contributed by atoms with E-state index in [1.807, 2.05) is 51.1 Å². The highest BCUT2D eigenvalue weighted by Gasteiger charge is 2.10. The van der Waals surface area contributed by atoms with Crippen LogP contribution in [0.3, 0.4) is 0 Å². The maximum Gasteiger partial charge on any atom is 0.138 e. The van der Waals surface area contributed by atoms with E-state index in [1.165, 1.54) is 0 Å². The normalized spacial score (nSPS) is 12.5. The maximum atomic E-state index is 6.19. The third kappa shape index (κ3) is 3.67. The van der Waals surface area contributed by atoms with Crippen molar-refractivity contribution in [1.82, 2.24) is 0 Å². The fourth-order valence-electron chi connectivity index (χ4n) is 1.80. The van der Waals surface area contributed by atoms with Gasteiger partial charge in [-0.3, -0.25) is 0 Å². The molecule has 0 aliphatic heterocycles. The van der Waals surface area contributed by atoms with E-state index in [9.17, 15) is 0 Å². The zero-order valence-electron chi connectivity index (χ0n) is 11.3. The Kier molecular flexibility index (Phi) is 4.38. The van der Waals surface area contributed by atoms with E-state index in [1.54, 1.807) is 6.26 Å². The summed E-state index contributed by atoms with van der Waals surface area (Å²) in [6.07, 6.45) is 1.78. The lowest BCUT2D eigenvalue weighted by Crippen LogP contribution is -2.07. The molecule has 0 bridgehead atoms. The number of furan rings is 1. The summed E-state index contributed by atoms with van der Waals surface area (Å²) in [5.41, 5.74) is 0.935. The Bertz CT molecular complexity index is 523. The predicted octanol–water partition coefficient (Wildman–Crippen LogP) is 4.89. The Hall–Kier alpha value is -1.61. The average molecular weight is 280 g/mol. The number of hydrogen-bond donors (Lipinski definition) is 1. The number of nitrogens with one attached hydrogen (secondary N) is 1. The number of rotatable bonds is 5. The van der Waals surface area contributed by atoms with Crippen LogP contribution in [0.2, 0.25) is 5.02 Å². The molecule has 0 saturated heterocycles. The van der Waals surface area contributed by atoms with E-state index in [-0.39, 0.29) is 12.1 Å². The van der Waals surface area contributed by atoms with Gasteiger partial charge < -0.3 is 14.5 Å². The van der Waals surface area contributed by atoms with Gasteiger partial charge in [0.2, 0.25) is 0 Å². The molecule has 1 aromatic heterocycles. The molecule has 0 spiro atoms. The fourth-order valence-corrected chi connectivity index (χ4v) is 2.02. The lowest BCUT2D eigenvalue weighted by molar-refractivity contribution is 0.242. The van der Waals surface area contributed by atoms with Crippen LogP contribution in [-0.4, -0.2) is 6.10 Å². The summed E-state index contributed by atoms with van der Waals surface area (Å²) in [6, 6.07) is 9.58. The summed E-state index contributed by atoms with van der Waals surface area (Å²) >= 11 is 6.19. The number of halogens is 1. The van der Waals surface area contributed by atoms with Crippen LogP contribution in [0.25, 0.3) is 0 Å². The van der Waals surface area contributed by atoms with E-state index in [2.05, 4.69) is 5.32 Å². The number of anilines is 1. The monoisotopic (exact) mass is 279 g/mol. The maximum absolute atomic E-state index is 6.19. The van der Waals surface area contributed by atoms with E-state index < -0.39 is 0 Å². The van der Waals surface area contributed by atoms with Gasteiger partial charge in [-0.15, -0.1) is 0 Å². The third-order valence-electron chi connectivity index (χ3n) is 2.65. The second-order valence-corrected chi connectivity index (χ2v) is 5.10. The predicted molar refractivity (Wildman–Crippen MR) is 78.0 cm³/mol. The van der Waals surface area contributed by atoms with Crippen LogP contribution in [-0.2, 0) is 0 Å². The molecule has 102 valence electrons. The fraction of sp³-hybridized carbons (Fsp3) is 0.333. The molecule has 1 aromatic carbocycles. The summed E-state index contributed by atoms with van der Waals surface area (Å²) < 4.78 is 11.0. The van der Waals surface area contributed by atoms with Crippen molar-refractivity contribution in [3.05, 3.63) is 47.4 Å². The quantitative estimate of drug-likeness (QED) is 0.846. The first-order valence-corrected chi connectivity index (χ1v) is 6.70. The van der Waals surface area contributed by atoms with E-state index in [0.29, 0.717) is 10.8 Å². The van der Waals surface area contributed by atoms with Crippen molar-refractivity contribution in [2.45, 2.75) is 32.9 Å².